The van der Waals surface area contributed by atoms with Crippen LogP contribution in [0.2, 0.25) is 0 Å². The molecule has 2 fully saturated rings. The van der Waals surface area contributed by atoms with Crippen LogP contribution in [0.1, 0.15) is 70.7 Å². The van der Waals surface area contributed by atoms with Crippen LogP contribution < -0.4 is 15.5 Å². The lowest BCUT2D eigenvalue weighted by molar-refractivity contribution is -0.136. The number of hydrogen-bond acceptors (Lipinski definition) is 8. The Balaban J connectivity index is 0.768. The molecule has 1 unspecified atom stereocenters. The summed E-state index contributed by atoms with van der Waals surface area (Å²) in [5, 5.41) is 8.04. The number of alkyl halides is 3. The summed E-state index contributed by atoms with van der Waals surface area (Å²) in [4.78, 5) is 38.2. The van der Waals surface area contributed by atoms with Crippen LogP contribution in [0.4, 0.5) is 24.5 Å². The fraction of sp³-hybridized carbons (Fsp3) is 0.417. The normalized spacial score (nSPS) is 17.0. The van der Waals surface area contributed by atoms with Crippen LogP contribution in [0.5, 0.6) is 0 Å². The van der Waals surface area contributed by atoms with Gasteiger partial charge in [-0.25, -0.2) is 4.79 Å². The lowest BCUT2D eigenvalue weighted by Gasteiger charge is -2.37. The molecule has 3 aromatic carbocycles. The van der Waals surface area contributed by atoms with E-state index in [0.29, 0.717) is 30.8 Å². The van der Waals surface area contributed by atoms with Crippen molar-refractivity contribution in [2.75, 3.05) is 68.7 Å². The Morgan fingerprint density at radius 1 is 0.762 bits per heavy atom. The number of benzene rings is 3. The third-order valence-electron chi connectivity index (χ3n) is 13.2. The van der Waals surface area contributed by atoms with Crippen molar-refractivity contribution in [3.63, 3.8) is 0 Å². The van der Waals surface area contributed by atoms with Gasteiger partial charge in [0.15, 0.2) is 0 Å². The Morgan fingerprint density at radius 2 is 1.48 bits per heavy atom. The molecule has 3 aliphatic heterocycles. The summed E-state index contributed by atoms with van der Waals surface area (Å²) in [6.45, 7) is 13.0. The summed E-state index contributed by atoms with van der Waals surface area (Å²) in [5.41, 5.74) is 5.91. The van der Waals surface area contributed by atoms with Gasteiger partial charge in [0.05, 0.1) is 16.8 Å². The number of aryl methyl sites for hydroxylation is 1. The minimum Gasteiger partial charge on any atom is -0.368 e. The molecule has 2 saturated heterocycles. The number of imidazole rings is 1. The van der Waals surface area contributed by atoms with E-state index in [2.05, 4.69) is 80.0 Å². The highest BCUT2D eigenvalue weighted by Crippen LogP contribution is 2.34. The van der Waals surface area contributed by atoms with Gasteiger partial charge in [-0.3, -0.25) is 18.7 Å². The second-order valence-electron chi connectivity index (χ2n) is 17.4. The number of rotatable bonds is 13. The molecule has 15 heteroatoms. The maximum Gasteiger partial charge on any atom is 0.418 e. The number of carbonyl (C=O) groups is 1. The van der Waals surface area contributed by atoms with Crippen molar-refractivity contribution in [2.24, 2.45) is 7.05 Å². The average Bonchev–Trinajstić information content (AvgIpc) is 3.96. The first-order valence-corrected chi connectivity index (χ1v) is 22.2. The summed E-state index contributed by atoms with van der Waals surface area (Å²) < 4.78 is 47.8. The number of nitrogens with zero attached hydrogens (tertiary/aromatic N) is 10. The van der Waals surface area contributed by atoms with Gasteiger partial charge < -0.3 is 24.2 Å². The van der Waals surface area contributed by atoms with Crippen LogP contribution in [0.3, 0.4) is 0 Å². The van der Waals surface area contributed by atoms with Gasteiger partial charge in [-0.2, -0.15) is 13.2 Å². The third kappa shape index (κ3) is 8.99. The number of carbonyl (C=O) groups excluding carboxylic acids is 1. The molecule has 3 aromatic heterocycles. The average molecular weight is 861 g/mol. The van der Waals surface area contributed by atoms with Gasteiger partial charge in [0, 0.05) is 121 Å². The molecule has 6 heterocycles. The number of piperazine rings is 2. The number of hydrogen-bond donors (Lipinski definition) is 0. The SMILES string of the molecule is CCCC(C)N1Cc2cc(N3CCN(c4ccc(CCN5CCN(Cc6cc(C(F)(F)F)c7cn(-c8cccc(Cc9nncn9C)c8)c(=O)n7c6)CC5)cc4)CC3)ccc2C1=O. The van der Waals surface area contributed by atoms with E-state index in [1.54, 1.807) is 35.3 Å². The van der Waals surface area contributed by atoms with Crippen molar-refractivity contribution in [3.05, 3.63) is 141 Å². The van der Waals surface area contributed by atoms with Crippen LogP contribution in [0.15, 0.2) is 96.3 Å². The number of amides is 1. The second kappa shape index (κ2) is 17.7. The van der Waals surface area contributed by atoms with Gasteiger partial charge in [-0.1, -0.05) is 37.6 Å². The van der Waals surface area contributed by atoms with E-state index in [-0.39, 0.29) is 17.5 Å². The summed E-state index contributed by atoms with van der Waals surface area (Å²) in [7, 11) is 1.84. The maximum absolute atomic E-state index is 14.5. The largest absolute Gasteiger partial charge is 0.418 e. The molecule has 9 rings (SSSR count). The summed E-state index contributed by atoms with van der Waals surface area (Å²) in [5.74, 6) is 0.890. The summed E-state index contributed by atoms with van der Waals surface area (Å²) in [6, 6.07) is 23.9. The molecule has 6 aromatic rings. The van der Waals surface area contributed by atoms with Crippen LogP contribution in [-0.2, 0) is 39.2 Å². The topological polar surface area (TPSA) is 90.4 Å². The first kappa shape index (κ1) is 42.4. The van der Waals surface area contributed by atoms with Crippen molar-refractivity contribution < 1.29 is 18.0 Å². The molecule has 0 aliphatic carbocycles. The van der Waals surface area contributed by atoms with E-state index in [1.807, 2.05) is 24.1 Å². The molecule has 1 atom stereocenters. The molecule has 1 amide bonds. The maximum atomic E-state index is 14.5. The van der Waals surface area contributed by atoms with Gasteiger partial charge in [0.2, 0.25) is 0 Å². The first-order chi connectivity index (χ1) is 30.4. The second-order valence-corrected chi connectivity index (χ2v) is 17.4. The Kier molecular flexibility index (Phi) is 11.9. The Morgan fingerprint density at radius 3 is 2.17 bits per heavy atom. The number of fused-ring (bicyclic) bond motifs is 2. The molecule has 3 aliphatic rings. The molecule has 63 heavy (non-hydrogen) atoms. The Labute approximate surface area is 365 Å². The molecule has 0 saturated carbocycles. The first-order valence-electron chi connectivity index (χ1n) is 22.2. The number of halogens is 3. The smallest absolute Gasteiger partial charge is 0.368 e. The Hall–Kier alpha value is -5.93. The van der Waals surface area contributed by atoms with Crippen LogP contribution in [0, 0.1) is 0 Å². The van der Waals surface area contributed by atoms with Crippen LogP contribution >= 0.6 is 0 Å². The Bertz CT molecular complexity index is 2640. The molecule has 0 radical (unpaired) electrons. The number of aromatic nitrogens is 5. The highest BCUT2D eigenvalue weighted by molar-refractivity contribution is 5.99. The van der Waals surface area contributed by atoms with E-state index >= 15 is 0 Å². The van der Waals surface area contributed by atoms with Gasteiger partial charge in [-0.05, 0) is 90.6 Å². The van der Waals surface area contributed by atoms with Crippen LogP contribution in [-0.4, -0.2) is 109 Å². The van der Waals surface area contributed by atoms with Crippen molar-refractivity contribution in [1.29, 1.82) is 0 Å². The zero-order valence-electron chi connectivity index (χ0n) is 36.3. The molecule has 0 N–H and O–H groups in total. The lowest BCUT2D eigenvalue weighted by atomic mass is 10.1. The van der Waals surface area contributed by atoms with Gasteiger partial charge >= 0.3 is 11.9 Å². The van der Waals surface area contributed by atoms with E-state index in [4.69, 9.17) is 0 Å². The van der Waals surface area contributed by atoms with Crippen molar-refractivity contribution in [3.8, 4) is 5.69 Å². The van der Waals surface area contributed by atoms with E-state index < -0.39 is 17.4 Å². The zero-order valence-corrected chi connectivity index (χ0v) is 36.3. The highest BCUT2D eigenvalue weighted by Gasteiger charge is 2.35. The quantitative estimate of drug-likeness (QED) is 0.128. The number of anilines is 2. The summed E-state index contributed by atoms with van der Waals surface area (Å²) in [6.07, 6.45) is 3.27. The fourth-order valence-corrected chi connectivity index (χ4v) is 9.48. The van der Waals surface area contributed by atoms with E-state index in [1.165, 1.54) is 33.8 Å². The molecule has 12 nitrogen and oxygen atoms in total. The van der Waals surface area contributed by atoms with Gasteiger partial charge in [-0.15, -0.1) is 10.2 Å². The van der Waals surface area contributed by atoms with Crippen molar-refractivity contribution in [1.82, 2.24) is 38.4 Å². The standard InChI is InChI=1S/C48H55F3N10O2/c1-4-6-34(2)59-31-38-28-40(13-14-42(38)46(59)62)58-23-21-57(22-24-58)39-11-9-35(10-12-39)15-16-55-17-19-56(20-18-55)29-37-26-43(48(49,50)51)44-32-60(47(63)61(44)30-37)41-8-5-7-36(25-41)27-45-53-52-33-54(45)3/h5,7-14,25-26,28,30,32-34H,4,6,15-24,27,29,31H2,1-3H3. The van der Waals surface area contributed by atoms with Gasteiger partial charge in [0.25, 0.3) is 5.91 Å². The number of pyridine rings is 1. The molecular weight excluding hydrogens is 806 g/mol. The van der Waals surface area contributed by atoms with Crippen molar-refractivity contribution >= 4 is 22.8 Å². The fourth-order valence-electron chi connectivity index (χ4n) is 9.48. The minimum absolute atomic E-state index is 0.158. The van der Waals surface area contributed by atoms with Crippen LogP contribution in [0.25, 0.3) is 11.2 Å². The highest BCUT2D eigenvalue weighted by atomic mass is 19.4. The predicted octanol–water partition coefficient (Wildman–Crippen LogP) is 6.66. The monoisotopic (exact) mass is 860 g/mol. The predicted molar refractivity (Wildman–Crippen MR) is 239 cm³/mol. The molecular formula is C48H55F3N10O2. The lowest BCUT2D eigenvalue weighted by Crippen LogP contribution is -2.46. The van der Waals surface area contributed by atoms with E-state index in [9.17, 15) is 22.8 Å². The molecule has 0 spiro atoms. The van der Waals surface area contributed by atoms with Gasteiger partial charge in [0.1, 0.15) is 12.2 Å². The molecule has 0 bridgehead atoms. The summed E-state index contributed by atoms with van der Waals surface area (Å²) >= 11 is 0. The van der Waals surface area contributed by atoms with Crippen molar-refractivity contribution in [2.45, 2.75) is 64.8 Å². The van der Waals surface area contributed by atoms with E-state index in [0.717, 1.165) is 105 Å². The zero-order chi connectivity index (χ0) is 43.8. The molecule has 330 valence electrons. The third-order valence-corrected chi connectivity index (χ3v) is 13.2. The minimum atomic E-state index is -4.64.